The summed E-state index contributed by atoms with van der Waals surface area (Å²) in [5.74, 6) is -1.10. The molecular weight excluding hydrogens is 234 g/mol. The molecule has 0 amide bonds. The molecule has 1 saturated heterocycles. The van der Waals surface area contributed by atoms with Gasteiger partial charge in [0.25, 0.3) is 0 Å². The number of carbonyl (C=O) groups excluding carboxylic acids is 1. The Labute approximate surface area is 106 Å². The lowest BCUT2D eigenvalue weighted by Gasteiger charge is -2.51. The Bertz CT molecular complexity index is 461. The van der Waals surface area contributed by atoms with E-state index in [9.17, 15) is 4.79 Å². The zero-order chi connectivity index (χ0) is 13.0. The van der Waals surface area contributed by atoms with E-state index in [1.165, 1.54) is 0 Å². The summed E-state index contributed by atoms with van der Waals surface area (Å²) in [7, 11) is 3.56. The number of methoxy groups -OCH3 is 1. The molecule has 0 aromatic heterocycles. The van der Waals surface area contributed by atoms with Crippen LogP contribution in [0.25, 0.3) is 0 Å². The standard InChI is InChI=1S/C12H17N3O3/c1-11-8(7-13-14-11)12(17-3)9(6-10(11)16)15(2)4-5-18-12/h6,8H,4-5,7H2,1-3H3/t8-,11+,12-/m0/s1. The van der Waals surface area contributed by atoms with Crippen LogP contribution in [0.1, 0.15) is 6.92 Å². The van der Waals surface area contributed by atoms with Crippen LogP contribution in [0, 0.1) is 5.92 Å². The van der Waals surface area contributed by atoms with Crippen molar-refractivity contribution in [1.29, 1.82) is 0 Å². The average molecular weight is 251 g/mol. The zero-order valence-electron chi connectivity index (χ0n) is 10.8. The van der Waals surface area contributed by atoms with Crippen LogP contribution in [0.4, 0.5) is 0 Å². The van der Waals surface area contributed by atoms with Crippen LogP contribution >= 0.6 is 0 Å². The van der Waals surface area contributed by atoms with E-state index in [4.69, 9.17) is 9.47 Å². The molecule has 0 aromatic carbocycles. The van der Waals surface area contributed by atoms with Gasteiger partial charge >= 0.3 is 0 Å². The highest BCUT2D eigenvalue weighted by Gasteiger charge is 2.62. The number of rotatable bonds is 1. The van der Waals surface area contributed by atoms with Gasteiger partial charge < -0.3 is 14.4 Å². The number of fused-ring (bicyclic) bond motifs is 3. The van der Waals surface area contributed by atoms with Gasteiger partial charge in [-0.15, -0.1) is 0 Å². The summed E-state index contributed by atoms with van der Waals surface area (Å²) in [5.41, 5.74) is -0.0615. The van der Waals surface area contributed by atoms with Crippen LogP contribution in [0.15, 0.2) is 22.0 Å². The van der Waals surface area contributed by atoms with Gasteiger partial charge in [0.05, 0.1) is 24.8 Å². The molecular formula is C12H17N3O3. The number of ether oxygens (including phenoxy) is 2. The molecule has 0 N–H and O–H groups in total. The summed E-state index contributed by atoms with van der Waals surface area (Å²) < 4.78 is 11.6. The van der Waals surface area contributed by atoms with E-state index in [-0.39, 0.29) is 11.7 Å². The van der Waals surface area contributed by atoms with E-state index in [1.807, 2.05) is 18.9 Å². The van der Waals surface area contributed by atoms with E-state index < -0.39 is 11.3 Å². The summed E-state index contributed by atoms with van der Waals surface area (Å²) in [5, 5.41) is 8.18. The Morgan fingerprint density at radius 1 is 1.61 bits per heavy atom. The maximum Gasteiger partial charge on any atom is 0.217 e. The maximum absolute atomic E-state index is 12.3. The summed E-state index contributed by atoms with van der Waals surface area (Å²) >= 11 is 0. The summed E-state index contributed by atoms with van der Waals surface area (Å²) in [4.78, 5) is 14.3. The van der Waals surface area contributed by atoms with E-state index in [2.05, 4.69) is 10.2 Å². The second-order valence-electron chi connectivity index (χ2n) is 5.16. The van der Waals surface area contributed by atoms with Gasteiger partial charge in [0, 0.05) is 26.8 Å². The lowest BCUT2D eigenvalue weighted by molar-refractivity contribution is -0.261. The molecule has 0 unspecified atom stereocenters. The van der Waals surface area contributed by atoms with E-state index in [1.54, 1.807) is 13.2 Å². The maximum atomic E-state index is 12.3. The molecule has 6 heteroatoms. The van der Waals surface area contributed by atoms with Gasteiger partial charge in [0.1, 0.15) is 0 Å². The Morgan fingerprint density at radius 3 is 3.11 bits per heavy atom. The highest BCUT2D eigenvalue weighted by molar-refractivity contribution is 6.00. The van der Waals surface area contributed by atoms with Crippen LogP contribution < -0.4 is 0 Å². The molecule has 3 rings (SSSR count). The number of ketones is 1. The van der Waals surface area contributed by atoms with Crippen molar-refractivity contribution in [3.05, 3.63) is 11.8 Å². The van der Waals surface area contributed by atoms with Gasteiger partial charge in [0.15, 0.2) is 11.3 Å². The van der Waals surface area contributed by atoms with Crippen molar-refractivity contribution in [3.63, 3.8) is 0 Å². The number of morpholine rings is 1. The van der Waals surface area contributed by atoms with E-state index >= 15 is 0 Å². The third kappa shape index (κ3) is 1.22. The zero-order valence-corrected chi connectivity index (χ0v) is 10.8. The number of hydrogen-bond donors (Lipinski definition) is 0. The minimum atomic E-state index is -0.890. The third-order valence-corrected chi connectivity index (χ3v) is 4.26. The molecule has 3 atom stereocenters. The van der Waals surface area contributed by atoms with E-state index in [0.29, 0.717) is 13.2 Å². The molecule has 0 radical (unpaired) electrons. The molecule has 0 aromatic rings. The predicted molar refractivity (Wildman–Crippen MR) is 63.0 cm³/mol. The van der Waals surface area contributed by atoms with Crippen molar-refractivity contribution in [3.8, 4) is 0 Å². The summed E-state index contributed by atoms with van der Waals surface area (Å²) in [6.07, 6.45) is 1.60. The highest BCUT2D eigenvalue weighted by Crippen LogP contribution is 2.48. The van der Waals surface area contributed by atoms with Crippen LogP contribution in [-0.4, -0.2) is 55.9 Å². The van der Waals surface area contributed by atoms with Gasteiger partial charge in [-0.25, -0.2) is 0 Å². The average Bonchev–Trinajstić information content (AvgIpc) is 2.76. The Morgan fingerprint density at radius 2 is 2.39 bits per heavy atom. The second kappa shape index (κ2) is 3.61. The number of nitrogens with zero attached hydrogens (tertiary/aromatic N) is 3. The smallest absolute Gasteiger partial charge is 0.217 e. The predicted octanol–water partition coefficient (Wildman–Crippen LogP) is 0.598. The Kier molecular flexibility index (Phi) is 2.37. The molecule has 0 spiro atoms. The first-order valence-corrected chi connectivity index (χ1v) is 6.10. The Balaban J connectivity index is 2.16. The summed E-state index contributed by atoms with van der Waals surface area (Å²) in [6.45, 7) is 3.59. The number of likely N-dealkylation sites (N-methyl/N-ethyl adjacent to an activating group) is 1. The molecule has 0 saturated carbocycles. The molecule has 6 nitrogen and oxygen atoms in total. The number of carbonyl (C=O) groups is 1. The lowest BCUT2D eigenvalue weighted by Crippen LogP contribution is -2.63. The molecule has 98 valence electrons. The molecule has 3 aliphatic rings. The SMILES string of the molecule is CO[C@@]12OCCN(C)C1=CC(=O)[C@]1(C)N=NC[C@H]21. The first-order chi connectivity index (χ1) is 8.54. The molecule has 1 fully saturated rings. The van der Waals surface area contributed by atoms with Crippen molar-refractivity contribution in [2.45, 2.75) is 18.2 Å². The minimum Gasteiger partial charge on any atom is -0.371 e. The van der Waals surface area contributed by atoms with Crippen molar-refractivity contribution in [2.75, 3.05) is 33.9 Å². The van der Waals surface area contributed by atoms with Gasteiger partial charge in [-0.05, 0) is 6.92 Å². The molecule has 2 aliphatic heterocycles. The number of hydrogen-bond acceptors (Lipinski definition) is 6. The van der Waals surface area contributed by atoms with Crippen molar-refractivity contribution < 1.29 is 14.3 Å². The van der Waals surface area contributed by atoms with E-state index in [0.717, 1.165) is 12.2 Å². The third-order valence-electron chi connectivity index (χ3n) is 4.26. The largest absolute Gasteiger partial charge is 0.371 e. The second-order valence-corrected chi connectivity index (χ2v) is 5.16. The first-order valence-electron chi connectivity index (χ1n) is 6.10. The topological polar surface area (TPSA) is 63.5 Å². The molecule has 0 bridgehead atoms. The quantitative estimate of drug-likeness (QED) is 0.684. The molecule has 2 heterocycles. The van der Waals surface area contributed by atoms with Gasteiger partial charge in [-0.3, -0.25) is 4.79 Å². The van der Waals surface area contributed by atoms with Crippen LogP contribution in [0.2, 0.25) is 0 Å². The molecule has 18 heavy (non-hydrogen) atoms. The fourth-order valence-corrected chi connectivity index (χ4v) is 3.09. The van der Waals surface area contributed by atoms with Crippen LogP contribution in [-0.2, 0) is 14.3 Å². The Hall–Kier alpha value is -1.27. The van der Waals surface area contributed by atoms with Gasteiger partial charge in [0.2, 0.25) is 5.79 Å². The summed E-state index contributed by atoms with van der Waals surface area (Å²) in [6, 6.07) is 0. The minimum absolute atomic E-state index is 0.0197. The normalized spacial score (nSPS) is 42.6. The van der Waals surface area contributed by atoms with Crippen molar-refractivity contribution >= 4 is 5.78 Å². The van der Waals surface area contributed by atoms with Crippen molar-refractivity contribution in [2.24, 2.45) is 16.1 Å². The monoisotopic (exact) mass is 251 g/mol. The molecule has 1 aliphatic carbocycles. The first kappa shape index (κ1) is 11.8. The highest BCUT2D eigenvalue weighted by atomic mass is 16.7. The fourth-order valence-electron chi connectivity index (χ4n) is 3.09. The van der Waals surface area contributed by atoms with Gasteiger partial charge in [-0.2, -0.15) is 10.2 Å². The number of azo groups is 1. The lowest BCUT2D eigenvalue weighted by atomic mass is 9.72. The van der Waals surface area contributed by atoms with Gasteiger partial charge in [-0.1, -0.05) is 0 Å². The fraction of sp³-hybridized carbons (Fsp3) is 0.750. The van der Waals surface area contributed by atoms with Crippen molar-refractivity contribution in [1.82, 2.24) is 4.90 Å². The van der Waals surface area contributed by atoms with Crippen LogP contribution in [0.3, 0.4) is 0 Å². The van der Waals surface area contributed by atoms with Crippen LogP contribution in [0.5, 0.6) is 0 Å².